The number of benzene rings is 2. The van der Waals surface area contributed by atoms with E-state index >= 15 is 0 Å². The number of ether oxygens (including phenoxy) is 1. The quantitative estimate of drug-likeness (QED) is 0.386. The van der Waals surface area contributed by atoms with Crippen LogP contribution in [0.2, 0.25) is 0 Å². The smallest absolute Gasteiger partial charge is 0.122 e. The minimum absolute atomic E-state index is 0.556. The van der Waals surface area contributed by atoms with Crippen molar-refractivity contribution >= 4 is 21.9 Å². The van der Waals surface area contributed by atoms with E-state index in [0.29, 0.717) is 12.5 Å². The molecule has 0 bridgehead atoms. The molecule has 0 atom stereocenters. The van der Waals surface area contributed by atoms with Gasteiger partial charge in [0.15, 0.2) is 0 Å². The third-order valence-electron chi connectivity index (χ3n) is 5.17. The van der Waals surface area contributed by atoms with E-state index in [1.807, 2.05) is 18.3 Å². The fourth-order valence-electron chi connectivity index (χ4n) is 3.76. The van der Waals surface area contributed by atoms with Gasteiger partial charge in [0.2, 0.25) is 0 Å². The summed E-state index contributed by atoms with van der Waals surface area (Å²) in [6.45, 7) is 10.3. The molecular weight excluding hydrogens is 358 g/mol. The minimum atomic E-state index is 0.556. The fraction of sp³-hybridized carbons (Fsp3) is 0.360. The normalized spacial score (nSPS) is 11.6. The van der Waals surface area contributed by atoms with Crippen molar-refractivity contribution in [3.63, 3.8) is 0 Å². The molecule has 0 spiro atoms. The molecule has 0 amide bonds. The largest absolute Gasteiger partial charge is 0.489 e. The molecule has 0 unspecified atom stereocenters. The van der Waals surface area contributed by atoms with Gasteiger partial charge < -0.3 is 9.30 Å². The van der Waals surface area contributed by atoms with Gasteiger partial charge in [-0.1, -0.05) is 50.6 Å². The van der Waals surface area contributed by atoms with Gasteiger partial charge >= 0.3 is 0 Å². The Morgan fingerprint density at radius 3 is 2.55 bits per heavy atom. The third kappa shape index (κ3) is 4.12. The highest BCUT2D eigenvalue weighted by Gasteiger charge is 2.15. The van der Waals surface area contributed by atoms with Crippen LogP contribution in [-0.2, 0) is 19.6 Å². The summed E-state index contributed by atoms with van der Waals surface area (Å²) in [7, 11) is 0. The number of rotatable bonds is 7. The zero-order valence-corrected chi connectivity index (χ0v) is 17.8. The average molecular weight is 388 g/mol. The van der Waals surface area contributed by atoms with Gasteiger partial charge in [-0.15, -0.1) is 0 Å². The molecule has 0 N–H and O–H groups in total. The number of hydrogen-bond acceptors (Lipinski definition) is 3. The first-order valence-electron chi connectivity index (χ1n) is 10.5. The molecule has 150 valence electrons. The van der Waals surface area contributed by atoms with Crippen molar-refractivity contribution in [2.45, 2.75) is 53.7 Å². The molecule has 0 aliphatic heterocycles. The van der Waals surface area contributed by atoms with E-state index in [0.717, 1.165) is 47.4 Å². The number of aromatic nitrogens is 3. The lowest BCUT2D eigenvalue weighted by Gasteiger charge is -2.13. The monoisotopic (exact) mass is 387 g/mol. The summed E-state index contributed by atoms with van der Waals surface area (Å²) in [5.74, 6) is 2.56. The van der Waals surface area contributed by atoms with E-state index < -0.39 is 0 Å². The van der Waals surface area contributed by atoms with E-state index in [1.165, 1.54) is 16.6 Å². The molecule has 29 heavy (non-hydrogen) atoms. The van der Waals surface area contributed by atoms with Crippen LogP contribution in [0.3, 0.4) is 0 Å². The van der Waals surface area contributed by atoms with E-state index in [-0.39, 0.29) is 0 Å². The lowest BCUT2D eigenvalue weighted by atomic mass is 10.1. The van der Waals surface area contributed by atoms with E-state index in [9.17, 15) is 0 Å². The van der Waals surface area contributed by atoms with Crippen molar-refractivity contribution in [3.8, 4) is 5.75 Å². The highest BCUT2D eigenvalue weighted by atomic mass is 16.5. The van der Waals surface area contributed by atoms with Gasteiger partial charge in [0.1, 0.15) is 23.7 Å². The molecule has 2 aromatic heterocycles. The number of imidazole rings is 1. The predicted octanol–water partition coefficient (Wildman–Crippen LogP) is 6.08. The van der Waals surface area contributed by atoms with Crippen molar-refractivity contribution in [1.29, 1.82) is 0 Å². The van der Waals surface area contributed by atoms with Gasteiger partial charge in [-0.25, -0.2) is 4.98 Å². The highest BCUT2D eigenvalue weighted by molar-refractivity contribution is 6.02. The van der Waals surface area contributed by atoms with E-state index in [1.54, 1.807) is 0 Å². The molecule has 4 heteroatoms. The molecule has 0 fully saturated rings. The number of aryl methyl sites for hydroxylation is 2. The Hall–Kier alpha value is -2.88. The molecule has 0 aliphatic carbocycles. The Kier molecular flexibility index (Phi) is 5.52. The van der Waals surface area contributed by atoms with Crippen molar-refractivity contribution < 1.29 is 4.74 Å². The lowest BCUT2D eigenvalue weighted by Crippen LogP contribution is -2.08. The number of pyridine rings is 1. The van der Waals surface area contributed by atoms with Crippen LogP contribution in [-0.4, -0.2) is 14.5 Å². The summed E-state index contributed by atoms with van der Waals surface area (Å²) >= 11 is 0. The van der Waals surface area contributed by atoms with Gasteiger partial charge in [0.25, 0.3) is 0 Å². The molecule has 2 heterocycles. The van der Waals surface area contributed by atoms with Crippen LogP contribution in [0.1, 0.15) is 44.1 Å². The van der Waals surface area contributed by atoms with Crippen molar-refractivity contribution in [3.05, 3.63) is 65.6 Å². The van der Waals surface area contributed by atoms with Crippen molar-refractivity contribution in [1.82, 2.24) is 14.5 Å². The Morgan fingerprint density at radius 1 is 1.03 bits per heavy atom. The first-order valence-corrected chi connectivity index (χ1v) is 10.5. The van der Waals surface area contributed by atoms with E-state index in [2.05, 4.69) is 67.6 Å². The van der Waals surface area contributed by atoms with Crippen LogP contribution in [0, 0.1) is 12.8 Å². The maximum atomic E-state index is 6.03. The van der Waals surface area contributed by atoms with Crippen molar-refractivity contribution in [2.75, 3.05) is 0 Å². The average Bonchev–Trinajstić information content (AvgIpc) is 3.04. The summed E-state index contributed by atoms with van der Waals surface area (Å²) < 4.78 is 8.42. The van der Waals surface area contributed by atoms with Crippen LogP contribution in [0.15, 0.2) is 48.7 Å². The molecule has 0 aliphatic rings. The molecule has 2 aromatic carbocycles. The maximum absolute atomic E-state index is 6.03. The van der Waals surface area contributed by atoms with Crippen LogP contribution < -0.4 is 4.74 Å². The first-order chi connectivity index (χ1) is 14.0. The zero-order valence-electron chi connectivity index (χ0n) is 17.8. The van der Waals surface area contributed by atoms with Gasteiger partial charge in [-0.3, -0.25) is 4.98 Å². The molecule has 4 aromatic rings. The number of hydrogen-bond donors (Lipinski definition) is 0. The standard InChI is InChI=1S/C25H29N3O/c1-5-6-24-27-23-14-26-22-13-20(29-16-19-9-7-18(4)8-10-19)11-12-21(22)25(23)28(24)15-17(2)3/h7-14,17H,5-6,15-16H2,1-4H3. The maximum Gasteiger partial charge on any atom is 0.122 e. The second-order valence-corrected chi connectivity index (χ2v) is 8.23. The Balaban J connectivity index is 1.69. The lowest BCUT2D eigenvalue weighted by molar-refractivity contribution is 0.306. The number of fused-ring (bicyclic) bond motifs is 3. The summed E-state index contributed by atoms with van der Waals surface area (Å²) in [5, 5.41) is 1.14. The second-order valence-electron chi connectivity index (χ2n) is 8.23. The first kappa shape index (κ1) is 19.4. The second kappa shape index (κ2) is 8.24. The Morgan fingerprint density at radius 2 is 1.83 bits per heavy atom. The predicted molar refractivity (Wildman–Crippen MR) is 119 cm³/mol. The Labute approximate surface area is 172 Å². The van der Waals surface area contributed by atoms with Gasteiger partial charge in [0, 0.05) is 24.4 Å². The van der Waals surface area contributed by atoms with Crippen LogP contribution >= 0.6 is 0 Å². The van der Waals surface area contributed by atoms with Gasteiger partial charge in [-0.2, -0.15) is 0 Å². The molecular formula is C25H29N3O. The Bertz CT molecular complexity index is 1130. The fourth-order valence-corrected chi connectivity index (χ4v) is 3.76. The topological polar surface area (TPSA) is 39.9 Å². The summed E-state index contributed by atoms with van der Waals surface area (Å²) in [6.07, 6.45) is 3.97. The minimum Gasteiger partial charge on any atom is -0.489 e. The van der Waals surface area contributed by atoms with Crippen LogP contribution in [0.25, 0.3) is 21.9 Å². The van der Waals surface area contributed by atoms with Crippen molar-refractivity contribution in [2.24, 2.45) is 5.92 Å². The SMILES string of the molecule is CCCc1nc2cnc3cc(OCc4ccc(C)cc4)ccc3c2n1CC(C)C. The number of nitrogens with zero attached hydrogens (tertiary/aromatic N) is 3. The molecule has 4 rings (SSSR count). The molecule has 4 nitrogen and oxygen atoms in total. The molecule has 0 saturated carbocycles. The van der Waals surface area contributed by atoms with Gasteiger partial charge in [-0.05, 0) is 37.0 Å². The summed E-state index contributed by atoms with van der Waals surface area (Å²) in [5.41, 5.74) is 5.55. The molecule has 0 radical (unpaired) electrons. The highest BCUT2D eigenvalue weighted by Crippen LogP contribution is 2.29. The molecule has 0 saturated heterocycles. The van der Waals surface area contributed by atoms with E-state index in [4.69, 9.17) is 9.72 Å². The van der Waals surface area contributed by atoms with Crippen LogP contribution in [0.5, 0.6) is 5.75 Å². The summed E-state index contributed by atoms with van der Waals surface area (Å²) in [4.78, 5) is 9.55. The van der Waals surface area contributed by atoms with Gasteiger partial charge in [0.05, 0.1) is 17.2 Å². The summed E-state index contributed by atoms with van der Waals surface area (Å²) in [6, 6.07) is 14.7. The van der Waals surface area contributed by atoms with Crippen LogP contribution in [0.4, 0.5) is 0 Å². The third-order valence-corrected chi connectivity index (χ3v) is 5.17. The zero-order chi connectivity index (χ0) is 20.4.